The summed E-state index contributed by atoms with van der Waals surface area (Å²) in [5.74, 6) is 1.34. The van der Waals surface area contributed by atoms with Crippen LogP contribution >= 0.6 is 0 Å². The maximum absolute atomic E-state index is 5.90. The molecule has 0 bridgehead atoms. The zero-order chi connectivity index (χ0) is 15.4. The molecular formula is C16H29N3O2. The summed E-state index contributed by atoms with van der Waals surface area (Å²) in [6, 6.07) is 0.537. The van der Waals surface area contributed by atoms with Crippen molar-refractivity contribution >= 4 is 0 Å². The number of aromatic nitrogens is 2. The maximum atomic E-state index is 5.90. The van der Waals surface area contributed by atoms with Gasteiger partial charge in [0.1, 0.15) is 0 Å². The summed E-state index contributed by atoms with van der Waals surface area (Å²) in [7, 11) is 1.72. The summed E-state index contributed by atoms with van der Waals surface area (Å²) in [5.41, 5.74) is 1.16. The van der Waals surface area contributed by atoms with E-state index in [0.717, 1.165) is 37.4 Å². The Kier molecular flexibility index (Phi) is 5.65. The van der Waals surface area contributed by atoms with Gasteiger partial charge in [0.2, 0.25) is 0 Å². The highest BCUT2D eigenvalue weighted by Crippen LogP contribution is 2.39. The van der Waals surface area contributed by atoms with Crippen molar-refractivity contribution in [1.29, 1.82) is 0 Å². The Bertz CT molecular complexity index is 445. The van der Waals surface area contributed by atoms with Gasteiger partial charge in [-0.2, -0.15) is 5.10 Å². The molecule has 1 aliphatic heterocycles. The van der Waals surface area contributed by atoms with Crippen LogP contribution in [0.3, 0.4) is 0 Å². The van der Waals surface area contributed by atoms with Gasteiger partial charge in [-0.15, -0.1) is 0 Å². The summed E-state index contributed by atoms with van der Waals surface area (Å²) in [6.45, 7) is 10.4. The van der Waals surface area contributed by atoms with Crippen molar-refractivity contribution in [3.63, 3.8) is 0 Å². The third kappa shape index (κ3) is 3.24. The maximum Gasteiger partial charge on any atom is 0.161 e. The average Bonchev–Trinajstić information content (AvgIpc) is 3.10. The molecule has 21 heavy (non-hydrogen) atoms. The summed E-state index contributed by atoms with van der Waals surface area (Å²) < 4.78 is 13.6. The van der Waals surface area contributed by atoms with Crippen molar-refractivity contribution in [2.75, 3.05) is 20.3 Å². The molecule has 0 aliphatic carbocycles. The SMILES string of the molecule is CCNC(c1c(OC)cnn1C(C)C)C1CCOC1CC. The van der Waals surface area contributed by atoms with Crippen LogP contribution in [-0.4, -0.2) is 36.1 Å². The van der Waals surface area contributed by atoms with Crippen molar-refractivity contribution in [2.45, 2.75) is 58.7 Å². The van der Waals surface area contributed by atoms with E-state index >= 15 is 0 Å². The largest absolute Gasteiger partial charge is 0.493 e. The van der Waals surface area contributed by atoms with Crippen molar-refractivity contribution in [3.8, 4) is 5.75 Å². The zero-order valence-electron chi connectivity index (χ0n) is 13.9. The van der Waals surface area contributed by atoms with Gasteiger partial charge in [0, 0.05) is 18.6 Å². The molecule has 0 radical (unpaired) electrons. The van der Waals surface area contributed by atoms with Crippen LogP contribution < -0.4 is 10.1 Å². The number of rotatable bonds is 7. The first kappa shape index (κ1) is 16.3. The molecule has 0 amide bonds. The molecule has 120 valence electrons. The topological polar surface area (TPSA) is 48.3 Å². The highest BCUT2D eigenvalue weighted by atomic mass is 16.5. The minimum absolute atomic E-state index is 0.224. The Morgan fingerprint density at radius 3 is 2.81 bits per heavy atom. The first-order valence-corrected chi connectivity index (χ1v) is 8.10. The molecule has 3 unspecified atom stereocenters. The van der Waals surface area contributed by atoms with E-state index in [1.54, 1.807) is 7.11 Å². The summed E-state index contributed by atoms with van der Waals surface area (Å²) in [5, 5.41) is 8.16. The number of hydrogen-bond acceptors (Lipinski definition) is 4. The van der Waals surface area contributed by atoms with Gasteiger partial charge in [0.25, 0.3) is 0 Å². The van der Waals surface area contributed by atoms with Crippen LogP contribution in [-0.2, 0) is 4.74 Å². The predicted octanol–water partition coefficient (Wildman–Crippen LogP) is 2.94. The van der Waals surface area contributed by atoms with Gasteiger partial charge in [-0.05, 0) is 33.2 Å². The van der Waals surface area contributed by atoms with E-state index in [1.165, 1.54) is 0 Å². The lowest BCUT2D eigenvalue weighted by Gasteiger charge is -2.29. The van der Waals surface area contributed by atoms with E-state index in [4.69, 9.17) is 9.47 Å². The fourth-order valence-corrected chi connectivity index (χ4v) is 3.36. The van der Waals surface area contributed by atoms with Gasteiger partial charge >= 0.3 is 0 Å². The van der Waals surface area contributed by atoms with Crippen LogP contribution in [0.1, 0.15) is 58.3 Å². The lowest BCUT2D eigenvalue weighted by atomic mass is 9.88. The van der Waals surface area contributed by atoms with E-state index < -0.39 is 0 Å². The average molecular weight is 295 g/mol. The third-order valence-electron chi connectivity index (χ3n) is 4.32. The quantitative estimate of drug-likeness (QED) is 0.840. The minimum Gasteiger partial charge on any atom is -0.493 e. The van der Waals surface area contributed by atoms with Crippen molar-refractivity contribution in [3.05, 3.63) is 11.9 Å². The number of ether oxygens (including phenoxy) is 2. The second kappa shape index (κ2) is 7.27. The van der Waals surface area contributed by atoms with Crippen molar-refractivity contribution < 1.29 is 9.47 Å². The molecule has 0 saturated carbocycles. The number of nitrogens with one attached hydrogen (secondary N) is 1. The summed E-state index contributed by atoms with van der Waals surface area (Å²) in [6.07, 6.45) is 4.28. The molecule has 1 fully saturated rings. The molecule has 1 aromatic heterocycles. The Hall–Kier alpha value is -1.07. The normalized spacial score (nSPS) is 23.7. The molecule has 5 heteroatoms. The molecule has 0 spiro atoms. The zero-order valence-corrected chi connectivity index (χ0v) is 13.9. The molecule has 1 saturated heterocycles. The monoisotopic (exact) mass is 295 g/mol. The minimum atomic E-state index is 0.224. The molecular weight excluding hydrogens is 266 g/mol. The van der Waals surface area contributed by atoms with Crippen LogP contribution in [0, 0.1) is 5.92 Å². The Labute approximate surface area is 128 Å². The van der Waals surface area contributed by atoms with Gasteiger partial charge in [0.05, 0.1) is 31.1 Å². The molecule has 3 atom stereocenters. The fraction of sp³-hybridized carbons (Fsp3) is 0.812. The van der Waals surface area contributed by atoms with Crippen LogP contribution in [0.15, 0.2) is 6.20 Å². The smallest absolute Gasteiger partial charge is 0.161 e. The highest BCUT2D eigenvalue weighted by Gasteiger charge is 2.37. The van der Waals surface area contributed by atoms with E-state index in [1.807, 2.05) is 6.20 Å². The summed E-state index contributed by atoms with van der Waals surface area (Å²) in [4.78, 5) is 0. The van der Waals surface area contributed by atoms with Gasteiger partial charge in [-0.1, -0.05) is 13.8 Å². The molecule has 1 N–H and O–H groups in total. The van der Waals surface area contributed by atoms with E-state index in [9.17, 15) is 0 Å². The molecule has 0 aromatic carbocycles. The predicted molar refractivity (Wildman–Crippen MR) is 83.7 cm³/mol. The molecule has 1 aliphatic rings. The second-order valence-corrected chi connectivity index (χ2v) is 5.94. The first-order valence-electron chi connectivity index (χ1n) is 8.10. The van der Waals surface area contributed by atoms with Gasteiger partial charge in [0.15, 0.2) is 5.75 Å². The van der Waals surface area contributed by atoms with E-state index in [2.05, 4.69) is 42.8 Å². The van der Waals surface area contributed by atoms with Crippen molar-refractivity contribution in [2.24, 2.45) is 5.92 Å². The Morgan fingerprint density at radius 2 is 2.24 bits per heavy atom. The lowest BCUT2D eigenvalue weighted by molar-refractivity contribution is 0.0761. The van der Waals surface area contributed by atoms with Gasteiger partial charge in [-0.25, -0.2) is 0 Å². The van der Waals surface area contributed by atoms with Crippen LogP contribution in [0.4, 0.5) is 0 Å². The van der Waals surface area contributed by atoms with E-state index in [0.29, 0.717) is 18.1 Å². The molecule has 5 nitrogen and oxygen atoms in total. The Balaban J connectivity index is 2.39. The molecule has 1 aromatic rings. The number of nitrogens with zero attached hydrogens (tertiary/aromatic N) is 2. The standard InChI is InChI=1S/C16H29N3O2/c1-6-13-12(8-9-21-13)15(17-7-2)16-14(20-5)10-18-19(16)11(3)4/h10-13,15,17H,6-9H2,1-5H3. The van der Waals surface area contributed by atoms with E-state index in [-0.39, 0.29) is 6.04 Å². The first-order chi connectivity index (χ1) is 10.1. The lowest BCUT2D eigenvalue weighted by Crippen LogP contribution is -2.35. The molecule has 2 heterocycles. The highest BCUT2D eigenvalue weighted by molar-refractivity contribution is 5.30. The fourth-order valence-electron chi connectivity index (χ4n) is 3.36. The van der Waals surface area contributed by atoms with Gasteiger partial charge < -0.3 is 14.8 Å². The number of hydrogen-bond donors (Lipinski definition) is 1. The molecule has 2 rings (SSSR count). The second-order valence-electron chi connectivity index (χ2n) is 5.94. The third-order valence-corrected chi connectivity index (χ3v) is 4.32. The van der Waals surface area contributed by atoms with Crippen LogP contribution in [0.2, 0.25) is 0 Å². The van der Waals surface area contributed by atoms with Crippen LogP contribution in [0.25, 0.3) is 0 Å². The van der Waals surface area contributed by atoms with Crippen LogP contribution in [0.5, 0.6) is 5.75 Å². The number of methoxy groups -OCH3 is 1. The Morgan fingerprint density at radius 1 is 1.48 bits per heavy atom. The van der Waals surface area contributed by atoms with Gasteiger partial charge in [-0.3, -0.25) is 4.68 Å². The summed E-state index contributed by atoms with van der Waals surface area (Å²) >= 11 is 0. The van der Waals surface area contributed by atoms with Crippen molar-refractivity contribution in [1.82, 2.24) is 15.1 Å².